The van der Waals surface area contributed by atoms with Gasteiger partial charge in [-0.1, -0.05) is 16.8 Å². The molecule has 50 heavy (non-hydrogen) atoms. The summed E-state index contributed by atoms with van der Waals surface area (Å²) >= 11 is 0. The SMILES string of the molecule is [N-]=[N+]=NCC(C=N)(C=N)OC(=O)N[C@@H](CC1=CC=C(OC(=O)NCCC[C@H](NC(=O)OC(C=N)C=N)C(=O)NCC(=O)NN)CC1)C(=O)N=O. The molecule has 0 spiro atoms. The van der Waals surface area contributed by atoms with Gasteiger partial charge in [-0.3, -0.25) is 19.8 Å². The Morgan fingerprint density at radius 2 is 1.66 bits per heavy atom. The van der Waals surface area contributed by atoms with Crippen LogP contribution in [0.2, 0.25) is 0 Å². The van der Waals surface area contributed by atoms with E-state index >= 15 is 0 Å². The van der Waals surface area contributed by atoms with Crippen molar-refractivity contribution in [2.45, 2.75) is 55.9 Å². The zero-order valence-electron chi connectivity index (χ0n) is 26.3. The summed E-state index contributed by atoms with van der Waals surface area (Å²) in [5, 5.41) is 43.7. The summed E-state index contributed by atoms with van der Waals surface area (Å²) < 4.78 is 15.0. The Bertz CT molecular complexity index is 1430. The minimum Gasteiger partial charge on any atom is -0.434 e. The van der Waals surface area contributed by atoms with Gasteiger partial charge in [0.2, 0.25) is 5.91 Å². The molecule has 0 aromatic heterocycles. The summed E-state index contributed by atoms with van der Waals surface area (Å²) in [5.74, 6) is 2.47. The van der Waals surface area contributed by atoms with E-state index in [0.717, 1.165) is 0 Å². The van der Waals surface area contributed by atoms with Crippen LogP contribution < -0.4 is 32.5 Å². The Kier molecular flexibility index (Phi) is 18.3. The summed E-state index contributed by atoms with van der Waals surface area (Å²) in [4.78, 5) is 86.2. The van der Waals surface area contributed by atoms with Crippen molar-refractivity contribution >= 4 is 60.9 Å². The van der Waals surface area contributed by atoms with Gasteiger partial charge < -0.3 is 57.1 Å². The molecule has 0 bridgehead atoms. The molecule has 6 amide bonds. The topological polar surface area (TPSA) is 390 Å². The number of alkyl carbamates (subject to hydrolysis) is 3. The largest absolute Gasteiger partial charge is 0.434 e. The molecule has 0 radical (unpaired) electrons. The minimum absolute atomic E-state index is 0.0228. The van der Waals surface area contributed by atoms with E-state index in [9.17, 15) is 33.7 Å². The van der Waals surface area contributed by atoms with E-state index in [4.69, 9.17) is 47.2 Å². The molecule has 0 aromatic carbocycles. The lowest BCUT2D eigenvalue weighted by Gasteiger charge is -2.25. The molecule has 0 saturated carbocycles. The lowest BCUT2D eigenvalue weighted by atomic mass is 9.97. The highest BCUT2D eigenvalue weighted by molar-refractivity contribution is 5.94. The highest BCUT2D eigenvalue weighted by Gasteiger charge is 2.32. The van der Waals surface area contributed by atoms with Crippen molar-refractivity contribution in [3.8, 4) is 0 Å². The number of nitrogens with two attached hydrogens (primary N) is 1. The Balaban J connectivity index is 2.75. The number of hydrazine groups is 1. The van der Waals surface area contributed by atoms with Crippen LogP contribution in [0, 0.1) is 26.5 Å². The summed E-state index contributed by atoms with van der Waals surface area (Å²) in [6.45, 7) is -1.12. The smallest absolute Gasteiger partial charge is 0.412 e. The fourth-order valence-electron chi connectivity index (χ4n) is 3.83. The second kappa shape index (κ2) is 22.1. The van der Waals surface area contributed by atoms with E-state index in [1.165, 1.54) is 12.2 Å². The highest BCUT2D eigenvalue weighted by Crippen LogP contribution is 2.23. The van der Waals surface area contributed by atoms with Gasteiger partial charge in [0.05, 0.1) is 13.1 Å². The quantitative estimate of drug-likeness (QED) is 0.00729. The molecule has 270 valence electrons. The number of amides is 6. The second-order valence-corrected chi connectivity index (χ2v) is 9.95. The van der Waals surface area contributed by atoms with E-state index in [0.29, 0.717) is 30.4 Å². The predicted octanol–water partition coefficient (Wildman–Crippen LogP) is 0.0917. The fraction of sp³-hybridized carbons (Fsp3) is 0.462. The molecule has 11 N–H and O–H groups in total. The van der Waals surface area contributed by atoms with Gasteiger partial charge in [-0.05, 0) is 37.3 Å². The molecule has 0 aliphatic heterocycles. The Hall–Kier alpha value is -6.55. The number of carbonyl (C=O) groups excluding carboxylic acids is 6. The maximum absolute atomic E-state index is 12.5. The number of nitrogens with zero attached hydrogens (tertiary/aromatic N) is 4. The Labute approximate surface area is 282 Å². The molecule has 1 rings (SSSR count). The molecule has 2 atom stereocenters. The summed E-state index contributed by atoms with van der Waals surface area (Å²) in [6.07, 6.45) is 1.15. The monoisotopic (exact) mass is 704 g/mol. The molecule has 1 aliphatic carbocycles. The van der Waals surface area contributed by atoms with Crippen LogP contribution in [-0.2, 0) is 28.6 Å². The number of carbonyl (C=O) groups is 6. The fourth-order valence-corrected chi connectivity index (χ4v) is 3.83. The van der Waals surface area contributed by atoms with Crippen molar-refractivity contribution in [3.63, 3.8) is 0 Å². The van der Waals surface area contributed by atoms with E-state index in [1.54, 1.807) is 0 Å². The lowest BCUT2D eigenvalue weighted by molar-refractivity contribution is -0.127. The van der Waals surface area contributed by atoms with E-state index in [1.807, 2.05) is 5.43 Å². The minimum atomic E-state index is -2.02. The normalized spacial score (nSPS) is 14.7. The third-order valence-corrected chi connectivity index (χ3v) is 6.42. The summed E-state index contributed by atoms with van der Waals surface area (Å²) in [7, 11) is 0. The molecule has 0 saturated heterocycles. The van der Waals surface area contributed by atoms with Gasteiger partial charge in [0.15, 0.2) is 11.7 Å². The molecule has 0 fully saturated rings. The first-order valence-electron chi connectivity index (χ1n) is 14.4. The van der Waals surface area contributed by atoms with Crippen molar-refractivity contribution in [2.24, 2.45) is 16.1 Å². The molecular formula is C26H36N14O10. The molecule has 1 aliphatic rings. The van der Waals surface area contributed by atoms with Crippen LogP contribution in [0.1, 0.15) is 32.1 Å². The van der Waals surface area contributed by atoms with E-state index in [-0.39, 0.29) is 44.4 Å². The first-order valence-corrected chi connectivity index (χ1v) is 14.4. The number of hydrogen-bond acceptors (Lipinski definition) is 16. The van der Waals surface area contributed by atoms with Crippen molar-refractivity contribution in [1.29, 1.82) is 21.6 Å². The Morgan fingerprint density at radius 3 is 2.22 bits per heavy atom. The number of azide groups is 1. The van der Waals surface area contributed by atoms with Crippen LogP contribution in [0.25, 0.3) is 10.4 Å². The highest BCUT2D eigenvalue weighted by atomic mass is 16.6. The maximum Gasteiger partial charge on any atom is 0.412 e. The molecule has 24 nitrogen and oxygen atoms in total. The number of allylic oxidation sites excluding steroid dienone is 3. The maximum atomic E-state index is 12.5. The summed E-state index contributed by atoms with van der Waals surface area (Å²) in [6, 6.07) is -2.71. The van der Waals surface area contributed by atoms with Gasteiger partial charge in [-0.2, -0.15) is 0 Å². The van der Waals surface area contributed by atoms with Gasteiger partial charge in [-0.25, -0.2) is 20.2 Å². The van der Waals surface area contributed by atoms with E-state index in [2.05, 4.69) is 36.5 Å². The van der Waals surface area contributed by atoms with Crippen LogP contribution in [0.4, 0.5) is 14.4 Å². The molecule has 0 unspecified atom stereocenters. The first kappa shape index (κ1) is 41.5. The van der Waals surface area contributed by atoms with Crippen LogP contribution in [0.15, 0.2) is 33.8 Å². The molecule has 0 aromatic rings. The average molecular weight is 705 g/mol. The van der Waals surface area contributed by atoms with Gasteiger partial charge in [0, 0.05) is 47.9 Å². The number of rotatable bonds is 21. The second-order valence-electron chi connectivity index (χ2n) is 9.95. The molecule has 24 heteroatoms. The molecule has 0 heterocycles. The van der Waals surface area contributed by atoms with Gasteiger partial charge in [-0.15, -0.1) is 4.91 Å². The van der Waals surface area contributed by atoms with Crippen LogP contribution >= 0.6 is 0 Å². The standard InChI is InChI=1S/C26H36N14O10/c27-9-17(10-28)49-24(45)36-18(21(42)34-11-20(41)38-31)2-1-7-33-23(44)48-16-5-3-15(4-6-16)8-19(22(43)39-47)37-25(46)50-26(12-29,13-30)14-35-40-32/h3,5,9-10,12-13,17-19,27-30H,1-2,4,6-8,11,14,31H2,(H,33,44)(H,34,42)(H,36,45)(H,37,46)(H,38,41)/t17?,18-,19-,26?/m0/s1. The van der Waals surface area contributed by atoms with Gasteiger partial charge in [0.25, 0.3) is 5.91 Å². The van der Waals surface area contributed by atoms with Crippen LogP contribution in [0.3, 0.4) is 0 Å². The zero-order chi connectivity index (χ0) is 37.5. The van der Waals surface area contributed by atoms with Crippen molar-refractivity contribution in [3.05, 3.63) is 38.8 Å². The third-order valence-electron chi connectivity index (χ3n) is 6.42. The van der Waals surface area contributed by atoms with E-state index < -0.39 is 72.9 Å². The van der Waals surface area contributed by atoms with Crippen molar-refractivity contribution < 1.29 is 43.0 Å². The Morgan fingerprint density at radius 1 is 0.980 bits per heavy atom. The van der Waals surface area contributed by atoms with Crippen LogP contribution in [0.5, 0.6) is 0 Å². The zero-order valence-corrected chi connectivity index (χ0v) is 26.3. The van der Waals surface area contributed by atoms with Gasteiger partial charge >= 0.3 is 24.2 Å². The number of nitrogens with one attached hydrogen (secondary N) is 9. The van der Waals surface area contributed by atoms with Crippen LogP contribution in [-0.4, -0.2) is 104 Å². The van der Waals surface area contributed by atoms with Crippen molar-refractivity contribution in [1.82, 2.24) is 26.7 Å². The van der Waals surface area contributed by atoms with Crippen molar-refractivity contribution in [2.75, 3.05) is 19.6 Å². The predicted molar refractivity (Wildman–Crippen MR) is 172 cm³/mol. The average Bonchev–Trinajstić information content (AvgIpc) is 3.12. The molecular weight excluding hydrogens is 668 g/mol. The number of hydrogen-bond donors (Lipinski definition) is 10. The third kappa shape index (κ3) is 14.9. The summed E-state index contributed by atoms with van der Waals surface area (Å²) in [5.41, 5.74) is 8.85. The number of nitroso groups, excluding NO2 is 1. The lowest BCUT2D eigenvalue weighted by Crippen LogP contribution is -2.50. The first-order chi connectivity index (χ1) is 23.9. The van der Waals surface area contributed by atoms with Gasteiger partial charge in [0.1, 0.15) is 17.8 Å². The number of ether oxygens (including phenoxy) is 3.